The highest BCUT2D eigenvalue weighted by Gasteiger charge is 2.34. The molecule has 2 nitrogen and oxygen atoms in total. The predicted molar refractivity (Wildman–Crippen MR) is 72.1 cm³/mol. The summed E-state index contributed by atoms with van der Waals surface area (Å²) in [6.45, 7) is 0. The van der Waals surface area contributed by atoms with Gasteiger partial charge in [0, 0.05) is 24.4 Å². The molecule has 1 aromatic rings. The van der Waals surface area contributed by atoms with Gasteiger partial charge < -0.3 is 9.84 Å². The third kappa shape index (κ3) is 3.54. The zero-order valence-corrected chi connectivity index (χ0v) is 11.7. The number of halogens is 1. The monoisotopic (exact) mass is 298 g/mol. The molecule has 0 aliphatic heterocycles. The van der Waals surface area contributed by atoms with E-state index in [-0.39, 0.29) is 6.10 Å². The molecule has 0 radical (unpaired) electrons. The molecule has 0 aromatic heterocycles. The molecule has 1 aliphatic carbocycles. The molecule has 1 saturated carbocycles. The number of hydrogen-bond donors (Lipinski definition) is 1. The molecule has 0 amide bonds. The highest BCUT2D eigenvalue weighted by Crippen LogP contribution is 2.33. The fourth-order valence-corrected chi connectivity index (χ4v) is 3.12. The Morgan fingerprint density at radius 3 is 3.06 bits per heavy atom. The summed E-state index contributed by atoms with van der Waals surface area (Å²) in [7, 11) is 1.73. The highest BCUT2D eigenvalue weighted by atomic mass is 79.9. The number of aliphatic hydroxyl groups is 1. The smallest absolute Gasteiger partial charge is 0.0712 e. The van der Waals surface area contributed by atoms with Crippen molar-refractivity contribution in [2.45, 2.75) is 43.8 Å². The van der Waals surface area contributed by atoms with E-state index in [0.717, 1.165) is 30.2 Å². The molecular formula is C14H19BrO2. The lowest BCUT2D eigenvalue weighted by Gasteiger charge is -2.36. The Morgan fingerprint density at radius 2 is 2.35 bits per heavy atom. The van der Waals surface area contributed by atoms with Crippen LogP contribution in [-0.4, -0.2) is 23.9 Å². The molecule has 2 rings (SSSR count). The van der Waals surface area contributed by atoms with Crippen LogP contribution in [-0.2, 0) is 11.2 Å². The normalized spacial score (nSPS) is 29.2. The van der Waals surface area contributed by atoms with Crippen LogP contribution in [0.3, 0.4) is 0 Å². The molecule has 0 bridgehead atoms. The van der Waals surface area contributed by atoms with Crippen LogP contribution in [0.2, 0.25) is 0 Å². The molecule has 2 atom stereocenters. The molecule has 1 aromatic carbocycles. The quantitative estimate of drug-likeness (QED) is 0.928. The minimum atomic E-state index is -0.597. The molecule has 0 saturated heterocycles. The van der Waals surface area contributed by atoms with Crippen LogP contribution in [0, 0.1) is 0 Å². The maximum Gasteiger partial charge on any atom is 0.0712 e. The van der Waals surface area contributed by atoms with Gasteiger partial charge in [0.15, 0.2) is 0 Å². The molecular weight excluding hydrogens is 280 g/mol. The lowest BCUT2D eigenvalue weighted by atomic mass is 9.79. The van der Waals surface area contributed by atoms with E-state index in [1.165, 1.54) is 5.56 Å². The number of benzene rings is 1. The summed E-state index contributed by atoms with van der Waals surface area (Å²) < 4.78 is 6.45. The average molecular weight is 299 g/mol. The van der Waals surface area contributed by atoms with Crippen LogP contribution < -0.4 is 0 Å². The average Bonchev–Trinajstić information content (AvgIpc) is 2.28. The fraction of sp³-hybridized carbons (Fsp3) is 0.571. The van der Waals surface area contributed by atoms with Crippen molar-refractivity contribution in [1.29, 1.82) is 0 Å². The third-order valence-electron chi connectivity index (χ3n) is 3.53. The van der Waals surface area contributed by atoms with Crippen molar-refractivity contribution in [2.24, 2.45) is 0 Å². The summed E-state index contributed by atoms with van der Waals surface area (Å²) in [4.78, 5) is 0. The van der Waals surface area contributed by atoms with Crippen molar-refractivity contribution >= 4 is 15.9 Å². The lowest BCUT2D eigenvalue weighted by molar-refractivity contribution is -0.0581. The van der Waals surface area contributed by atoms with Crippen LogP contribution in [0.4, 0.5) is 0 Å². The first kappa shape index (κ1) is 13.1. The zero-order chi connectivity index (χ0) is 12.3. The van der Waals surface area contributed by atoms with E-state index < -0.39 is 5.60 Å². The summed E-state index contributed by atoms with van der Waals surface area (Å²) >= 11 is 3.46. The van der Waals surface area contributed by atoms with Gasteiger partial charge in [0.25, 0.3) is 0 Å². The molecule has 17 heavy (non-hydrogen) atoms. The largest absolute Gasteiger partial charge is 0.389 e. The van der Waals surface area contributed by atoms with Gasteiger partial charge in [0.05, 0.1) is 11.7 Å². The first-order valence-electron chi connectivity index (χ1n) is 6.11. The van der Waals surface area contributed by atoms with Crippen molar-refractivity contribution in [2.75, 3.05) is 7.11 Å². The second-order valence-corrected chi connectivity index (χ2v) is 5.90. The first-order valence-corrected chi connectivity index (χ1v) is 6.90. The van der Waals surface area contributed by atoms with Gasteiger partial charge in [-0.05, 0) is 37.0 Å². The summed E-state index contributed by atoms with van der Waals surface area (Å²) in [5.41, 5.74) is 0.582. The Labute approximate surface area is 111 Å². The number of methoxy groups -OCH3 is 1. The van der Waals surface area contributed by atoms with Gasteiger partial charge in [-0.2, -0.15) is 0 Å². The Morgan fingerprint density at radius 1 is 1.53 bits per heavy atom. The van der Waals surface area contributed by atoms with Crippen molar-refractivity contribution in [3.8, 4) is 0 Å². The van der Waals surface area contributed by atoms with Gasteiger partial charge in [0.2, 0.25) is 0 Å². The molecule has 1 aliphatic rings. The van der Waals surface area contributed by atoms with Gasteiger partial charge in [-0.3, -0.25) is 0 Å². The van der Waals surface area contributed by atoms with Crippen molar-refractivity contribution in [3.63, 3.8) is 0 Å². The maximum atomic E-state index is 10.6. The molecule has 3 heteroatoms. The van der Waals surface area contributed by atoms with Gasteiger partial charge >= 0.3 is 0 Å². The highest BCUT2D eigenvalue weighted by molar-refractivity contribution is 9.10. The molecule has 0 spiro atoms. The van der Waals surface area contributed by atoms with Gasteiger partial charge in [0.1, 0.15) is 0 Å². The van der Waals surface area contributed by atoms with Crippen LogP contribution >= 0.6 is 15.9 Å². The van der Waals surface area contributed by atoms with E-state index >= 15 is 0 Å². The second-order valence-electron chi connectivity index (χ2n) is 4.99. The lowest BCUT2D eigenvalue weighted by Crippen LogP contribution is -2.40. The van der Waals surface area contributed by atoms with Crippen molar-refractivity contribution in [3.05, 3.63) is 34.3 Å². The van der Waals surface area contributed by atoms with Crippen LogP contribution in [0.5, 0.6) is 0 Å². The van der Waals surface area contributed by atoms with E-state index in [0.29, 0.717) is 6.42 Å². The zero-order valence-electron chi connectivity index (χ0n) is 10.2. The Kier molecular flexibility index (Phi) is 4.23. The van der Waals surface area contributed by atoms with E-state index in [9.17, 15) is 5.11 Å². The maximum absolute atomic E-state index is 10.6. The van der Waals surface area contributed by atoms with E-state index in [1.807, 2.05) is 12.1 Å². The summed E-state index contributed by atoms with van der Waals surface area (Å²) in [6, 6.07) is 8.17. The number of rotatable bonds is 3. The molecule has 0 heterocycles. The van der Waals surface area contributed by atoms with E-state index in [4.69, 9.17) is 4.74 Å². The summed E-state index contributed by atoms with van der Waals surface area (Å²) in [5.74, 6) is 0. The topological polar surface area (TPSA) is 29.5 Å². The Hall–Kier alpha value is -0.380. The SMILES string of the molecule is COC1CCCC(O)(Cc2cccc(Br)c2)C1. The minimum absolute atomic E-state index is 0.209. The van der Waals surface area contributed by atoms with Gasteiger partial charge in [-0.15, -0.1) is 0 Å². The molecule has 94 valence electrons. The Bertz CT molecular complexity index is 380. The first-order chi connectivity index (χ1) is 8.11. The van der Waals surface area contributed by atoms with Gasteiger partial charge in [-0.1, -0.05) is 28.1 Å². The fourth-order valence-electron chi connectivity index (χ4n) is 2.68. The molecule has 2 unspecified atom stereocenters. The van der Waals surface area contributed by atoms with Crippen LogP contribution in [0.1, 0.15) is 31.2 Å². The predicted octanol–water partition coefficient (Wildman–Crippen LogP) is 3.31. The van der Waals surface area contributed by atoms with E-state index in [2.05, 4.69) is 28.1 Å². The third-order valence-corrected chi connectivity index (χ3v) is 4.02. The molecule has 1 fully saturated rings. The molecule has 1 N–H and O–H groups in total. The van der Waals surface area contributed by atoms with Crippen molar-refractivity contribution < 1.29 is 9.84 Å². The number of ether oxygens (including phenoxy) is 1. The minimum Gasteiger partial charge on any atom is -0.389 e. The summed E-state index contributed by atoms with van der Waals surface area (Å²) in [5, 5.41) is 10.6. The second kappa shape index (κ2) is 5.51. The number of hydrogen-bond acceptors (Lipinski definition) is 2. The van der Waals surface area contributed by atoms with Crippen LogP contribution in [0.15, 0.2) is 28.7 Å². The standard InChI is InChI=1S/C14H19BrO2/c1-17-13-6-3-7-14(16,10-13)9-11-4-2-5-12(15)8-11/h2,4-5,8,13,16H,3,6-7,9-10H2,1H3. The van der Waals surface area contributed by atoms with E-state index in [1.54, 1.807) is 7.11 Å². The van der Waals surface area contributed by atoms with Crippen molar-refractivity contribution in [1.82, 2.24) is 0 Å². The van der Waals surface area contributed by atoms with Gasteiger partial charge in [-0.25, -0.2) is 0 Å². The summed E-state index contributed by atoms with van der Waals surface area (Å²) in [6.07, 6.45) is 4.66. The van der Waals surface area contributed by atoms with Crippen LogP contribution in [0.25, 0.3) is 0 Å². The Balaban J connectivity index is 2.06.